The molecule has 2 aliphatic rings. The first-order valence-electron chi connectivity index (χ1n) is 8.00. The molecule has 0 aliphatic heterocycles. The number of allylic oxidation sites excluding steroid dienone is 8. The molecule has 0 fully saturated rings. The van der Waals surface area contributed by atoms with E-state index in [1.165, 1.54) is 38.5 Å². The van der Waals surface area contributed by atoms with Gasteiger partial charge in [0, 0.05) is 0 Å². The molecule has 22 heavy (non-hydrogen) atoms. The summed E-state index contributed by atoms with van der Waals surface area (Å²) in [5.41, 5.74) is 3.18. The number of rotatable bonds is 4. The summed E-state index contributed by atoms with van der Waals surface area (Å²) in [7, 11) is 0. The molecule has 0 unspecified atom stereocenters. The Morgan fingerprint density at radius 3 is 1.36 bits per heavy atom. The summed E-state index contributed by atoms with van der Waals surface area (Å²) in [4.78, 5) is 0. The van der Waals surface area contributed by atoms with Crippen molar-refractivity contribution in [1.82, 2.24) is 0 Å². The Labute approximate surface area is 166 Å². The van der Waals surface area contributed by atoms with Gasteiger partial charge in [-0.3, -0.25) is 0 Å². The summed E-state index contributed by atoms with van der Waals surface area (Å²) < 4.78 is 0. The molecule has 0 saturated carbocycles. The zero-order valence-electron chi connectivity index (χ0n) is 14.5. The molecule has 0 atom stereocenters. The van der Waals surface area contributed by atoms with Crippen molar-refractivity contribution in [2.75, 3.05) is 0 Å². The Kier molecular flexibility index (Phi) is 24.6. The fourth-order valence-electron chi connectivity index (χ4n) is 2.00. The minimum atomic E-state index is -0.0489. The van der Waals surface area contributed by atoms with Crippen LogP contribution >= 0.6 is 0 Å². The van der Waals surface area contributed by atoms with E-state index in [0.717, 1.165) is 0 Å². The van der Waals surface area contributed by atoms with Crippen LogP contribution in [0.2, 0.25) is 13.1 Å². The Morgan fingerprint density at radius 1 is 0.864 bits per heavy atom. The summed E-state index contributed by atoms with van der Waals surface area (Å²) in [6.07, 6.45) is 20.7. The fourth-order valence-corrected chi connectivity index (χ4v) is 2.00. The molecule has 0 aromatic heterocycles. The first-order chi connectivity index (χ1) is 9.60. The van der Waals surface area contributed by atoms with E-state index in [1.807, 2.05) is 0 Å². The van der Waals surface area contributed by atoms with Crippen molar-refractivity contribution >= 4 is 5.92 Å². The average molecular weight is 438 g/mol. The zero-order chi connectivity index (χ0) is 15.2. The first-order valence-corrected chi connectivity index (χ1v) is 15.1. The summed E-state index contributed by atoms with van der Waals surface area (Å²) in [5.74, 6) is -0.0489. The van der Waals surface area contributed by atoms with Gasteiger partial charge in [0.15, 0.2) is 0 Å². The van der Waals surface area contributed by atoms with Gasteiger partial charge in [-0.2, -0.15) is 0 Å². The van der Waals surface area contributed by atoms with Crippen LogP contribution < -0.4 is 24.8 Å². The average Bonchev–Trinajstić information content (AvgIpc) is 3.03. The molecule has 4 heteroatoms. The maximum Gasteiger partial charge on any atom is -1.00 e. The smallest absolute Gasteiger partial charge is 1.00 e. The number of halogens is 2. The third kappa shape index (κ3) is 18.7. The van der Waals surface area contributed by atoms with Gasteiger partial charge in [0.1, 0.15) is 0 Å². The zero-order valence-corrected chi connectivity index (χ0v) is 19.7. The van der Waals surface area contributed by atoms with Crippen molar-refractivity contribution in [1.29, 1.82) is 0 Å². The summed E-state index contributed by atoms with van der Waals surface area (Å²) in [6.45, 7) is 9.13. The summed E-state index contributed by atoms with van der Waals surface area (Å²) in [5, 5.41) is 0. The standard InChI is InChI=1S/2C8H12.C2H7Si.2ClH.Zr/c2*1-2-5-8-6-3-4-7-8;1-3-2;;;/h2*3-4,6H,2,5,7H2,1H3;3H,1-2H3;2*1H;/q;;;;;+2/p-2. The van der Waals surface area contributed by atoms with Crippen molar-refractivity contribution in [2.24, 2.45) is 0 Å². The van der Waals surface area contributed by atoms with Gasteiger partial charge < -0.3 is 24.8 Å². The van der Waals surface area contributed by atoms with E-state index < -0.39 is 0 Å². The Hall–Kier alpha value is 0.640. The third-order valence-electron chi connectivity index (χ3n) is 2.84. The van der Waals surface area contributed by atoms with Gasteiger partial charge in [-0.1, -0.05) is 74.3 Å². The molecule has 0 heterocycles. The molecule has 0 N–H and O–H groups in total. The van der Waals surface area contributed by atoms with Gasteiger partial charge in [-0.15, -0.1) is 0 Å². The molecule has 2 rings (SSSR count). The van der Waals surface area contributed by atoms with Gasteiger partial charge >= 0.3 is 42.9 Å². The maximum absolute atomic E-state index is 2.35. The number of hydrogen-bond donors (Lipinski definition) is 0. The minimum Gasteiger partial charge on any atom is -1.00 e. The van der Waals surface area contributed by atoms with Crippen LogP contribution in [0.15, 0.2) is 47.6 Å². The molecule has 0 bridgehead atoms. The second-order valence-corrected chi connectivity index (χ2v) is 16.4. The van der Waals surface area contributed by atoms with Crippen LogP contribution in [0.4, 0.5) is 0 Å². The third-order valence-corrected chi connectivity index (χ3v) is 2.84. The van der Waals surface area contributed by atoms with Crippen molar-refractivity contribution in [3.8, 4) is 0 Å². The normalized spacial score (nSPS) is 14.0. The summed E-state index contributed by atoms with van der Waals surface area (Å²) in [6, 6.07) is 0. The van der Waals surface area contributed by atoms with Crippen LogP contribution in [0.3, 0.4) is 0 Å². The molecule has 0 radical (unpaired) electrons. The molecule has 0 aromatic rings. The Bertz CT molecular complexity index is 323. The molecule has 125 valence electrons. The van der Waals surface area contributed by atoms with E-state index in [-0.39, 0.29) is 30.7 Å². The predicted molar refractivity (Wildman–Crippen MR) is 92.4 cm³/mol. The van der Waals surface area contributed by atoms with Gasteiger partial charge in [0.25, 0.3) is 0 Å². The minimum absolute atomic E-state index is 0. The van der Waals surface area contributed by atoms with Crippen LogP contribution in [0.25, 0.3) is 0 Å². The number of hydrogen-bond acceptors (Lipinski definition) is 0. The predicted octanol–water partition coefficient (Wildman–Crippen LogP) is -0.130. The molecule has 0 aromatic carbocycles. The van der Waals surface area contributed by atoms with Gasteiger partial charge in [-0.05, 0) is 25.7 Å². The topological polar surface area (TPSA) is 0 Å². The van der Waals surface area contributed by atoms with Gasteiger partial charge in [0.2, 0.25) is 0 Å². The molecular weight excluding hydrogens is 406 g/mol. The second-order valence-electron chi connectivity index (χ2n) is 5.57. The fraction of sp³-hybridized carbons (Fsp3) is 0.556. The molecule has 0 amide bonds. The van der Waals surface area contributed by atoms with Crippen LogP contribution in [0, 0.1) is 0 Å². The van der Waals surface area contributed by atoms with E-state index in [1.54, 1.807) is 35.0 Å². The maximum atomic E-state index is 2.35. The molecular formula is C18H31Cl2SiZr. The van der Waals surface area contributed by atoms with E-state index in [9.17, 15) is 0 Å². The SMILES string of the molecule is CCCC1=CC=CC1.CCCC1=CC=CC1.C[SiH](C)[Zr+2].[Cl-].[Cl-]. The molecule has 0 spiro atoms. The molecule has 0 nitrogen and oxygen atoms in total. The van der Waals surface area contributed by atoms with E-state index in [2.05, 4.69) is 63.4 Å². The molecule has 0 saturated heterocycles. The first kappa shape index (κ1) is 27.5. The van der Waals surface area contributed by atoms with E-state index in [0.29, 0.717) is 0 Å². The Balaban J connectivity index is -0.000000249. The van der Waals surface area contributed by atoms with Crippen LogP contribution in [0.5, 0.6) is 0 Å². The molecule has 2 aliphatic carbocycles. The van der Waals surface area contributed by atoms with Crippen LogP contribution in [-0.2, 0) is 23.9 Å². The Morgan fingerprint density at radius 2 is 1.18 bits per heavy atom. The monoisotopic (exact) mass is 435 g/mol. The van der Waals surface area contributed by atoms with Crippen molar-refractivity contribution in [2.45, 2.75) is 65.5 Å². The van der Waals surface area contributed by atoms with E-state index >= 15 is 0 Å². The van der Waals surface area contributed by atoms with Crippen LogP contribution in [-0.4, -0.2) is 5.92 Å². The second kappa shape index (κ2) is 19.7. The summed E-state index contributed by atoms with van der Waals surface area (Å²) >= 11 is 1.78. The van der Waals surface area contributed by atoms with E-state index in [4.69, 9.17) is 0 Å². The van der Waals surface area contributed by atoms with Crippen molar-refractivity contribution < 1.29 is 48.7 Å². The van der Waals surface area contributed by atoms with Crippen LogP contribution in [0.1, 0.15) is 52.4 Å². The quantitative estimate of drug-likeness (QED) is 0.538. The largest absolute Gasteiger partial charge is 1.00 e. The van der Waals surface area contributed by atoms with Crippen molar-refractivity contribution in [3.63, 3.8) is 0 Å². The van der Waals surface area contributed by atoms with Gasteiger partial charge in [-0.25, -0.2) is 0 Å². The van der Waals surface area contributed by atoms with Gasteiger partial charge in [0.05, 0.1) is 0 Å². The van der Waals surface area contributed by atoms with Crippen molar-refractivity contribution in [3.05, 3.63) is 47.6 Å².